The molecule has 0 saturated heterocycles. The summed E-state index contributed by atoms with van der Waals surface area (Å²) in [5, 5.41) is 8.62. The van der Waals surface area contributed by atoms with Gasteiger partial charge in [-0.3, -0.25) is 4.79 Å². The van der Waals surface area contributed by atoms with E-state index in [0.29, 0.717) is 12.1 Å². The fraction of sp³-hybridized carbons (Fsp3) is 0. The maximum Gasteiger partial charge on any atom is 0.342 e. The number of H-pyrrole nitrogens is 1. The van der Waals surface area contributed by atoms with Gasteiger partial charge in [0.15, 0.2) is 17.5 Å². The molecule has 0 spiro atoms. The quantitative estimate of drug-likeness (QED) is 0.811. The molecular weight excluding hydrogens is 265 g/mol. The Bertz CT molecular complexity index is 704. The van der Waals surface area contributed by atoms with Crippen LogP contribution in [0.2, 0.25) is 0 Å². The highest BCUT2D eigenvalue weighted by atomic mass is 19.2. The first-order valence-electron chi connectivity index (χ1n) is 4.87. The number of carbonyl (C=O) groups is 1. The largest absolute Gasteiger partial charge is 0.477 e. The van der Waals surface area contributed by atoms with Crippen molar-refractivity contribution in [3.05, 3.63) is 51.7 Å². The molecule has 0 aliphatic rings. The zero-order chi connectivity index (χ0) is 14.2. The van der Waals surface area contributed by atoms with Crippen LogP contribution in [0, 0.1) is 17.5 Å². The van der Waals surface area contributed by atoms with Gasteiger partial charge >= 0.3 is 5.97 Å². The van der Waals surface area contributed by atoms with E-state index in [0.717, 1.165) is 6.20 Å². The minimum Gasteiger partial charge on any atom is -0.477 e. The van der Waals surface area contributed by atoms with Crippen LogP contribution < -0.4 is 5.56 Å². The molecule has 2 rings (SSSR count). The van der Waals surface area contributed by atoms with E-state index in [2.05, 4.69) is 4.98 Å². The molecule has 0 amide bonds. The number of hydrogen-bond acceptors (Lipinski definition) is 3. The van der Waals surface area contributed by atoms with Crippen molar-refractivity contribution in [2.24, 2.45) is 0 Å². The van der Waals surface area contributed by atoms with Crippen molar-refractivity contribution in [3.63, 3.8) is 0 Å². The summed E-state index contributed by atoms with van der Waals surface area (Å²) in [6.07, 6.45) is 0.746. The first-order chi connectivity index (χ1) is 8.90. The van der Waals surface area contributed by atoms with Crippen molar-refractivity contribution < 1.29 is 23.1 Å². The molecular formula is C11H5F3N2O3. The van der Waals surface area contributed by atoms with Crippen molar-refractivity contribution in [1.82, 2.24) is 9.97 Å². The lowest BCUT2D eigenvalue weighted by molar-refractivity contribution is 0.0694. The van der Waals surface area contributed by atoms with Crippen LogP contribution in [0.15, 0.2) is 23.1 Å². The van der Waals surface area contributed by atoms with Crippen LogP contribution in [0.5, 0.6) is 0 Å². The van der Waals surface area contributed by atoms with Gasteiger partial charge in [-0.05, 0) is 12.1 Å². The first-order valence-corrected chi connectivity index (χ1v) is 4.87. The van der Waals surface area contributed by atoms with Gasteiger partial charge in [0.25, 0.3) is 5.56 Å². The minimum atomic E-state index is -1.65. The molecule has 0 atom stereocenters. The molecule has 1 aromatic carbocycles. The van der Waals surface area contributed by atoms with Crippen LogP contribution in [0.25, 0.3) is 11.4 Å². The Labute approximate surface area is 103 Å². The SMILES string of the molecule is O=C(O)c1cnc(-c2cc(F)c(F)c(F)c2)[nH]c1=O. The number of carboxylic acid groups (broad SMARTS) is 1. The highest BCUT2D eigenvalue weighted by molar-refractivity contribution is 5.86. The maximum atomic E-state index is 13.0. The zero-order valence-corrected chi connectivity index (χ0v) is 9.08. The molecule has 2 N–H and O–H groups in total. The Kier molecular flexibility index (Phi) is 3.07. The lowest BCUT2D eigenvalue weighted by Gasteiger charge is -2.03. The number of aromatic nitrogens is 2. The summed E-state index contributed by atoms with van der Waals surface area (Å²) in [5.74, 6) is -6.29. The predicted molar refractivity (Wildman–Crippen MR) is 57.1 cm³/mol. The van der Waals surface area contributed by atoms with E-state index in [9.17, 15) is 22.8 Å². The number of carboxylic acids is 1. The number of hydrogen-bond donors (Lipinski definition) is 2. The Morgan fingerprint density at radius 1 is 1.21 bits per heavy atom. The standard InChI is InChI=1S/C11H5F3N2O3/c12-6-1-4(2-7(13)8(6)14)9-15-3-5(11(18)19)10(17)16-9/h1-3H,(H,18,19)(H,15,16,17). The molecule has 5 nitrogen and oxygen atoms in total. The Morgan fingerprint density at radius 2 is 1.79 bits per heavy atom. The minimum absolute atomic E-state index is 0.217. The summed E-state index contributed by atoms with van der Waals surface area (Å²) < 4.78 is 38.8. The third-order valence-electron chi connectivity index (χ3n) is 2.29. The third-order valence-corrected chi connectivity index (χ3v) is 2.29. The normalized spacial score (nSPS) is 10.5. The summed E-state index contributed by atoms with van der Waals surface area (Å²) in [6.45, 7) is 0. The molecule has 1 heterocycles. The highest BCUT2D eigenvalue weighted by Gasteiger charge is 2.15. The Morgan fingerprint density at radius 3 is 2.26 bits per heavy atom. The molecule has 0 bridgehead atoms. The van der Waals surface area contributed by atoms with Crippen LogP contribution in [0.4, 0.5) is 13.2 Å². The van der Waals surface area contributed by atoms with Gasteiger partial charge in [0, 0.05) is 11.8 Å². The van der Waals surface area contributed by atoms with Gasteiger partial charge in [-0.2, -0.15) is 0 Å². The topological polar surface area (TPSA) is 83.0 Å². The molecule has 0 unspecified atom stereocenters. The Hall–Kier alpha value is -2.64. The molecule has 98 valence electrons. The summed E-state index contributed by atoms with van der Waals surface area (Å²) in [7, 11) is 0. The fourth-order valence-corrected chi connectivity index (χ4v) is 1.39. The van der Waals surface area contributed by atoms with E-state index >= 15 is 0 Å². The number of nitrogens with one attached hydrogen (secondary N) is 1. The second-order valence-electron chi connectivity index (χ2n) is 3.53. The second kappa shape index (κ2) is 4.56. The van der Waals surface area contributed by atoms with Crippen LogP contribution in [0.3, 0.4) is 0 Å². The van der Waals surface area contributed by atoms with E-state index in [-0.39, 0.29) is 11.4 Å². The van der Waals surface area contributed by atoms with E-state index in [1.165, 1.54) is 0 Å². The van der Waals surface area contributed by atoms with Gasteiger partial charge in [0.05, 0.1) is 0 Å². The van der Waals surface area contributed by atoms with Gasteiger partial charge < -0.3 is 10.1 Å². The molecule has 0 radical (unpaired) electrons. The first kappa shape index (κ1) is 12.8. The van der Waals surface area contributed by atoms with Gasteiger partial charge in [0.1, 0.15) is 11.4 Å². The van der Waals surface area contributed by atoms with Crippen molar-refractivity contribution in [1.29, 1.82) is 0 Å². The maximum absolute atomic E-state index is 13.0. The summed E-state index contributed by atoms with van der Waals surface area (Å²) >= 11 is 0. The van der Waals surface area contributed by atoms with E-state index < -0.39 is 34.5 Å². The molecule has 0 saturated carbocycles. The third kappa shape index (κ3) is 2.32. The van der Waals surface area contributed by atoms with Gasteiger partial charge in [-0.25, -0.2) is 22.9 Å². The molecule has 0 aliphatic heterocycles. The molecule has 19 heavy (non-hydrogen) atoms. The van der Waals surface area contributed by atoms with Crippen molar-refractivity contribution >= 4 is 5.97 Å². The van der Waals surface area contributed by atoms with E-state index in [1.807, 2.05) is 4.98 Å². The number of benzene rings is 1. The Balaban J connectivity index is 2.57. The lowest BCUT2D eigenvalue weighted by Crippen LogP contribution is -2.18. The number of rotatable bonds is 2. The van der Waals surface area contributed by atoms with Gasteiger partial charge in [0.2, 0.25) is 0 Å². The molecule has 0 aliphatic carbocycles. The number of halogens is 3. The van der Waals surface area contributed by atoms with Gasteiger partial charge in [-0.1, -0.05) is 0 Å². The average molecular weight is 270 g/mol. The van der Waals surface area contributed by atoms with Crippen LogP contribution in [0.1, 0.15) is 10.4 Å². The number of aromatic carboxylic acids is 1. The van der Waals surface area contributed by atoms with E-state index in [4.69, 9.17) is 5.11 Å². The number of aromatic amines is 1. The van der Waals surface area contributed by atoms with Crippen LogP contribution >= 0.6 is 0 Å². The monoisotopic (exact) mass is 270 g/mol. The van der Waals surface area contributed by atoms with E-state index in [1.54, 1.807) is 0 Å². The molecule has 0 fully saturated rings. The average Bonchev–Trinajstić information content (AvgIpc) is 2.34. The van der Waals surface area contributed by atoms with Crippen molar-refractivity contribution in [2.75, 3.05) is 0 Å². The fourth-order valence-electron chi connectivity index (χ4n) is 1.39. The predicted octanol–water partition coefficient (Wildman–Crippen LogP) is 1.55. The summed E-state index contributed by atoms with van der Waals surface area (Å²) in [5.41, 5.74) is -1.82. The molecule has 2 aromatic rings. The molecule has 8 heteroatoms. The van der Waals surface area contributed by atoms with Crippen molar-refractivity contribution in [3.8, 4) is 11.4 Å². The smallest absolute Gasteiger partial charge is 0.342 e. The summed E-state index contributed by atoms with van der Waals surface area (Å²) in [6, 6.07) is 1.27. The van der Waals surface area contributed by atoms with Gasteiger partial charge in [-0.15, -0.1) is 0 Å². The van der Waals surface area contributed by atoms with Crippen LogP contribution in [-0.4, -0.2) is 21.0 Å². The zero-order valence-electron chi connectivity index (χ0n) is 9.08. The van der Waals surface area contributed by atoms with Crippen LogP contribution in [-0.2, 0) is 0 Å². The summed E-state index contributed by atoms with van der Waals surface area (Å²) in [4.78, 5) is 27.5. The van der Waals surface area contributed by atoms with Crippen molar-refractivity contribution in [2.45, 2.75) is 0 Å². The number of nitrogens with zero attached hydrogens (tertiary/aromatic N) is 1. The lowest BCUT2D eigenvalue weighted by atomic mass is 10.2. The highest BCUT2D eigenvalue weighted by Crippen LogP contribution is 2.19. The second-order valence-corrected chi connectivity index (χ2v) is 3.53. The molecule has 1 aromatic heterocycles.